The summed E-state index contributed by atoms with van der Waals surface area (Å²) in [5.74, 6) is 0.00749. The van der Waals surface area contributed by atoms with E-state index in [0.717, 1.165) is 28.6 Å². The largest absolute Gasteiger partial charge is 0.369 e. The summed E-state index contributed by atoms with van der Waals surface area (Å²) in [5.41, 5.74) is 8.60. The van der Waals surface area contributed by atoms with Crippen molar-refractivity contribution in [1.29, 1.82) is 0 Å². The number of para-hydroxylation sites is 1. The van der Waals surface area contributed by atoms with E-state index in [-0.39, 0.29) is 12.3 Å². The zero-order valence-electron chi connectivity index (χ0n) is 10.6. The quantitative estimate of drug-likeness (QED) is 0.867. The summed E-state index contributed by atoms with van der Waals surface area (Å²) in [7, 11) is 0. The van der Waals surface area contributed by atoms with Gasteiger partial charge in [-0.2, -0.15) is 0 Å². The van der Waals surface area contributed by atoms with E-state index in [2.05, 4.69) is 17.1 Å². The van der Waals surface area contributed by atoms with E-state index in [4.69, 9.17) is 5.73 Å². The highest BCUT2D eigenvalue weighted by atomic mass is 16.1. The number of amides is 1. The van der Waals surface area contributed by atoms with Crippen molar-refractivity contribution in [3.8, 4) is 0 Å². The van der Waals surface area contributed by atoms with Gasteiger partial charge in [0, 0.05) is 22.5 Å². The van der Waals surface area contributed by atoms with Crippen LogP contribution in [0.15, 0.2) is 48.6 Å². The zero-order chi connectivity index (χ0) is 13.2. The minimum Gasteiger partial charge on any atom is -0.369 e. The van der Waals surface area contributed by atoms with Crippen molar-refractivity contribution in [3.05, 3.63) is 59.8 Å². The van der Waals surface area contributed by atoms with E-state index < -0.39 is 0 Å². The Kier molecular flexibility index (Phi) is 2.95. The number of benzene rings is 1. The maximum absolute atomic E-state index is 11.3. The number of carbonyl (C=O) groups excluding carboxylic acids is 1. The van der Waals surface area contributed by atoms with Crippen LogP contribution in [0.5, 0.6) is 0 Å². The highest BCUT2D eigenvalue weighted by molar-refractivity contribution is 5.90. The molecular weight excluding hydrogens is 236 g/mol. The lowest BCUT2D eigenvalue weighted by Crippen LogP contribution is -2.15. The van der Waals surface area contributed by atoms with Gasteiger partial charge in [0.05, 0.1) is 6.42 Å². The van der Waals surface area contributed by atoms with Crippen molar-refractivity contribution >= 4 is 16.8 Å². The fourth-order valence-electron chi connectivity index (χ4n) is 2.70. The van der Waals surface area contributed by atoms with Crippen molar-refractivity contribution < 1.29 is 4.79 Å². The van der Waals surface area contributed by atoms with Crippen LogP contribution < -0.4 is 5.73 Å². The second-order valence-corrected chi connectivity index (χ2v) is 4.86. The zero-order valence-corrected chi connectivity index (χ0v) is 10.6. The fourth-order valence-corrected chi connectivity index (χ4v) is 2.70. The second-order valence-electron chi connectivity index (χ2n) is 4.86. The predicted octanol–water partition coefficient (Wildman–Crippen LogP) is 2.80. The summed E-state index contributed by atoms with van der Waals surface area (Å²) >= 11 is 0. The predicted molar refractivity (Wildman–Crippen MR) is 76.8 cm³/mol. The number of aromatic amines is 1. The highest BCUT2D eigenvalue weighted by Gasteiger charge is 2.19. The fraction of sp³-hybridized carbons (Fsp3) is 0.188. The van der Waals surface area contributed by atoms with Crippen molar-refractivity contribution in [2.45, 2.75) is 18.8 Å². The summed E-state index contributed by atoms with van der Waals surface area (Å²) in [5, 5.41) is 1.10. The Morgan fingerprint density at radius 2 is 2.16 bits per heavy atom. The van der Waals surface area contributed by atoms with Gasteiger partial charge in [-0.25, -0.2) is 0 Å². The molecule has 3 nitrogen and oxygen atoms in total. The van der Waals surface area contributed by atoms with E-state index in [1.54, 1.807) is 0 Å². The van der Waals surface area contributed by atoms with Gasteiger partial charge in [0.25, 0.3) is 0 Å². The molecule has 3 N–H and O–H groups in total. The molecule has 1 unspecified atom stereocenters. The summed E-state index contributed by atoms with van der Waals surface area (Å²) in [6, 6.07) is 8.05. The van der Waals surface area contributed by atoms with E-state index in [9.17, 15) is 4.79 Å². The topological polar surface area (TPSA) is 58.9 Å². The SMILES string of the molecule is NC(=O)Cc1c(C2C=CC=CC2)[nH]c2ccccc12. The van der Waals surface area contributed by atoms with Crippen LogP contribution in [0, 0.1) is 0 Å². The van der Waals surface area contributed by atoms with Crippen LogP contribution in [0.4, 0.5) is 0 Å². The number of aromatic nitrogens is 1. The minimum atomic E-state index is -0.290. The van der Waals surface area contributed by atoms with Crippen molar-refractivity contribution in [2.75, 3.05) is 0 Å². The molecule has 0 aliphatic heterocycles. The summed E-state index contributed by atoms with van der Waals surface area (Å²) in [6.45, 7) is 0. The van der Waals surface area contributed by atoms with Gasteiger partial charge in [-0.05, 0) is 18.1 Å². The first-order chi connectivity index (χ1) is 9.25. The Balaban J connectivity index is 2.13. The molecule has 19 heavy (non-hydrogen) atoms. The van der Waals surface area contributed by atoms with Crippen LogP contribution in [0.2, 0.25) is 0 Å². The van der Waals surface area contributed by atoms with Crippen LogP contribution in [0.3, 0.4) is 0 Å². The number of rotatable bonds is 3. The molecule has 1 atom stereocenters. The molecule has 3 rings (SSSR count). The maximum atomic E-state index is 11.3. The number of allylic oxidation sites excluding steroid dienone is 4. The molecular formula is C16H16N2O. The molecule has 0 saturated heterocycles. The Morgan fingerprint density at radius 3 is 2.89 bits per heavy atom. The third-order valence-electron chi connectivity index (χ3n) is 3.55. The van der Waals surface area contributed by atoms with Crippen LogP contribution in [0.25, 0.3) is 10.9 Å². The van der Waals surface area contributed by atoms with Gasteiger partial charge in [0.2, 0.25) is 5.91 Å². The molecule has 0 radical (unpaired) electrons. The average Bonchev–Trinajstić information content (AvgIpc) is 2.78. The van der Waals surface area contributed by atoms with Crippen LogP contribution >= 0.6 is 0 Å². The van der Waals surface area contributed by atoms with Gasteiger partial charge in [-0.3, -0.25) is 4.79 Å². The molecule has 1 aromatic heterocycles. The van der Waals surface area contributed by atoms with E-state index >= 15 is 0 Å². The molecule has 0 bridgehead atoms. The summed E-state index contributed by atoms with van der Waals surface area (Å²) < 4.78 is 0. The van der Waals surface area contributed by atoms with Crippen LogP contribution in [-0.4, -0.2) is 10.9 Å². The Bertz CT molecular complexity index is 679. The standard InChI is InChI=1S/C16H16N2O/c17-15(19)10-13-12-8-4-5-9-14(12)18-16(13)11-6-2-1-3-7-11/h1-6,8-9,11,18H,7,10H2,(H2,17,19). The maximum Gasteiger partial charge on any atom is 0.221 e. The van der Waals surface area contributed by atoms with Gasteiger partial charge in [0.15, 0.2) is 0 Å². The second kappa shape index (κ2) is 4.76. The molecule has 0 saturated carbocycles. The number of fused-ring (bicyclic) bond motifs is 1. The molecule has 1 aromatic carbocycles. The number of nitrogens with two attached hydrogens (primary N) is 1. The Labute approximate surface area is 111 Å². The number of primary amides is 1. The molecule has 1 aliphatic rings. The average molecular weight is 252 g/mol. The van der Waals surface area contributed by atoms with E-state index in [1.807, 2.05) is 36.4 Å². The van der Waals surface area contributed by atoms with Gasteiger partial charge in [0.1, 0.15) is 0 Å². The lowest BCUT2D eigenvalue weighted by atomic mass is 9.93. The Morgan fingerprint density at radius 1 is 1.32 bits per heavy atom. The number of carbonyl (C=O) groups is 1. The lowest BCUT2D eigenvalue weighted by Gasteiger charge is -2.13. The first kappa shape index (κ1) is 11.8. The van der Waals surface area contributed by atoms with Crippen molar-refractivity contribution in [3.63, 3.8) is 0 Å². The number of hydrogen-bond acceptors (Lipinski definition) is 1. The molecule has 0 spiro atoms. The minimum absolute atomic E-state index is 0.285. The van der Waals surface area contributed by atoms with Crippen molar-refractivity contribution in [1.82, 2.24) is 4.98 Å². The number of hydrogen-bond donors (Lipinski definition) is 2. The van der Waals surface area contributed by atoms with Gasteiger partial charge in [-0.15, -0.1) is 0 Å². The number of H-pyrrole nitrogens is 1. The number of nitrogens with one attached hydrogen (secondary N) is 1. The molecule has 96 valence electrons. The monoisotopic (exact) mass is 252 g/mol. The normalized spacial score (nSPS) is 18.0. The van der Waals surface area contributed by atoms with Crippen molar-refractivity contribution in [2.24, 2.45) is 5.73 Å². The van der Waals surface area contributed by atoms with Crippen LogP contribution in [-0.2, 0) is 11.2 Å². The molecule has 1 amide bonds. The van der Waals surface area contributed by atoms with E-state index in [1.165, 1.54) is 0 Å². The Hall–Kier alpha value is -2.29. The first-order valence-corrected chi connectivity index (χ1v) is 6.47. The summed E-state index contributed by atoms with van der Waals surface area (Å²) in [4.78, 5) is 14.8. The summed E-state index contributed by atoms with van der Waals surface area (Å²) in [6.07, 6.45) is 9.64. The first-order valence-electron chi connectivity index (χ1n) is 6.47. The van der Waals surface area contributed by atoms with E-state index in [0.29, 0.717) is 5.92 Å². The lowest BCUT2D eigenvalue weighted by molar-refractivity contribution is -0.117. The molecule has 0 fully saturated rings. The molecule has 3 heteroatoms. The van der Waals surface area contributed by atoms with Gasteiger partial charge in [-0.1, -0.05) is 42.5 Å². The molecule has 2 aromatic rings. The third-order valence-corrected chi connectivity index (χ3v) is 3.55. The molecule has 1 heterocycles. The molecule has 1 aliphatic carbocycles. The highest BCUT2D eigenvalue weighted by Crippen LogP contribution is 2.32. The van der Waals surface area contributed by atoms with Gasteiger partial charge >= 0.3 is 0 Å². The van der Waals surface area contributed by atoms with Gasteiger partial charge < -0.3 is 10.7 Å². The van der Waals surface area contributed by atoms with Crippen LogP contribution in [0.1, 0.15) is 23.6 Å². The smallest absolute Gasteiger partial charge is 0.221 e. The third kappa shape index (κ3) is 2.19.